The van der Waals surface area contributed by atoms with Crippen LogP contribution in [-0.2, 0) is 16.1 Å². The van der Waals surface area contributed by atoms with E-state index >= 15 is 0 Å². The van der Waals surface area contributed by atoms with E-state index in [0.29, 0.717) is 17.1 Å². The topological polar surface area (TPSA) is 69.9 Å². The fourth-order valence-corrected chi connectivity index (χ4v) is 2.69. The van der Waals surface area contributed by atoms with Crippen LogP contribution in [0.25, 0.3) is 5.65 Å². The Morgan fingerprint density at radius 2 is 1.77 bits per heavy atom. The van der Waals surface area contributed by atoms with Crippen LogP contribution in [0.5, 0.6) is 5.75 Å². The van der Waals surface area contributed by atoms with Gasteiger partial charge in [0.1, 0.15) is 18.0 Å². The van der Waals surface area contributed by atoms with Crippen molar-refractivity contribution < 1.29 is 14.3 Å². The van der Waals surface area contributed by atoms with Crippen molar-refractivity contribution in [3.63, 3.8) is 0 Å². The minimum Gasteiger partial charge on any atom is -0.482 e. The summed E-state index contributed by atoms with van der Waals surface area (Å²) in [5.74, 6) is 0.104. The number of aryl methyl sites for hydroxylation is 3. The van der Waals surface area contributed by atoms with Crippen molar-refractivity contribution in [1.82, 2.24) is 9.38 Å². The van der Waals surface area contributed by atoms with Gasteiger partial charge in [0.05, 0.1) is 5.69 Å². The first-order valence-electron chi connectivity index (χ1n) is 8.26. The molecule has 0 bridgehead atoms. The molecule has 134 valence electrons. The molecule has 0 spiro atoms. The zero-order valence-electron chi connectivity index (χ0n) is 15.0. The van der Waals surface area contributed by atoms with Crippen molar-refractivity contribution in [2.75, 3.05) is 6.61 Å². The average Bonchev–Trinajstić information content (AvgIpc) is 2.58. The van der Waals surface area contributed by atoms with E-state index in [-0.39, 0.29) is 18.8 Å². The Morgan fingerprint density at radius 1 is 1.04 bits per heavy atom. The average molecular weight is 352 g/mol. The predicted molar refractivity (Wildman–Crippen MR) is 97.4 cm³/mol. The standard InChI is InChI=1S/C20H20N2O4/c1-13-4-5-18-21-16(9-19(23)22(18)10-13)11-26-20(24)12-25-17-7-14(2)6-15(3)8-17/h4-10H,11-12H2,1-3H3. The van der Waals surface area contributed by atoms with Crippen LogP contribution in [0.2, 0.25) is 0 Å². The number of carbonyl (C=O) groups is 1. The van der Waals surface area contributed by atoms with E-state index in [4.69, 9.17) is 9.47 Å². The molecule has 2 aromatic heterocycles. The van der Waals surface area contributed by atoms with Crippen LogP contribution >= 0.6 is 0 Å². The lowest BCUT2D eigenvalue weighted by Gasteiger charge is -2.09. The summed E-state index contributed by atoms with van der Waals surface area (Å²) in [4.78, 5) is 28.4. The molecule has 6 heteroatoms. The van der Waals surface area contributed by atoms with Gasteiger partial charge >= 0.3 is 5.97 Å². The molecule has 0 radical (unpaired) electrons. The summed E-state index contributed by atoms with van der Waals surface area (Å²) in [5.41, 5.74) is 3.79. The Bertz CT molecular complexity index is 1000. The maximum Gasteiger partial charge on any atom is 0.344 e. The summed E-state index contributed by atoms with van der Waals surface area (Å²) in [7, 11) is 0. The third-order valence-corrected chi connectivity index (χ3v) is 3.79. The van der Waals surface area contributed by atoms with Crippen LogP contribution in [0.15, 0.2) is 47.4 Å². The van der Waals surface area contributed by atoms with Gasteiger partial charge in [-0.15, -0.1) is 0 Å². The maximum absolute atomic E-state index is 12.1. The number of fused-ring (bicyclic) bond motifs is 1. The lowest BCUT2D eigenvalue weighted by Crippen LogP contribution is -2.18. The molecule has 0 amide bonds. The van der Waals surface area contributed by atoms with Crippen LogP contribution < -0.4 is 10.3 Å². The van der Waals surface area contributed by atoms with Gasteiger partial charge in [-0.1, -0.05) is 12.1 Å². The maximum atomic E-state index is 12.1. The summed E-state index contributed by atoms with van der Waals surface area (Å²) < 4.78 is 12.1. The van der Waals surface area contributed by atoms with E-state index in [9.17, 15) is 9.59 Å². The van der Waals surface area contributed by atoms with Crippen molar-refractivity contribution >= 4 is 11.6 Å². The van der Waals surface area contributed by atoms with Gasteiger partial charge in [0.15, 0.2) is 6.61 Å². The lowest BCUT2D eigenvalue weighted by atomic mass is 10.1. The van der Waals surface area contributed by atoms with Crippen LogP contribution in [0, 0.1) is 20.8 Å². The number of hydrogen-bond donors (Lipinski definition) is 0. The van der Waals surface area contributed by atoms with E-state index in [2.05, 4.69) is 4.98 Å². The molecule has 0 saturated heterocycles. The number of esters is 1. The molecule has 1 aromatic carbocycles. The fourth-order valence-electron chi connectivity index (χ4n) is 2.69. The number of pyridine rings is 1. The molecule has 3 rings (SSSR count). The van der Waals surface area contributed by atoms with E-state index in [1.54, 1.807) is 12.3 Å². The van der Waals surface area contributed by atoms with Gasteiger partial charge in [-0.05, 0) is 55.7 Å². The monoisotopic (exact) mass is 352 g/mol. The normalized spacial score (nSPS) is 10.7. The summed E-state index contributed by atoms with van der Waals surface area (Å²) in [6.45, 7) is 5.55. The van der Waals surface area contributed by atoms with Gasteiger partial charge in [0, 0.05) is 12.3 Å². The highest BCUT2D eigenvalue weighted by Gasteiger charge is 2.08. The van der Waals surface area contributed by atoms with Gasteiger partial charge in [0.25, 0.3) is 5.56 Å². The Hall–Kier alpha value is -3.15. The van der Waals surface area contributed by atoms with Gasteiger partial charge in [-0.25, -0.2) is 9.78 Å². The number of benzene rings is 1. The molecule has 0 aliphatic heterocycles. The molecule has 26 heavy (non-hydrogen) atoms. The van der Waals surface area contributed by atoms with Gasteiger partial charge in [-0.2, -0.15) is 0 Å². The number of ether oxygens (including phenoxy) is 2. The van der Waals surface area contributed by atoms with Gasteiger partial charge in [-0.3, -0.25) is 9.20 Å². The predicted octanol–water partition coefficient (Wildman–Crippen LogP) is 2.74. The molecule has 0 saturated carbocycles. The first-order valence-corrected chi connectivity index (χ1v) is 8.26. The first kappa shape index (κ1) is 17.7. The van der Waals surface area contributed by atoms with Crippen molar-refractivity contribution in [3.8, 4) is 5.75 Å². The molecule has 0 fully saturated rings. The molecule has 0 aliphatic carbocycles. The lowest BCUT2D eigenvalue weighted by molar-refractivity contribution is -0.147. The van der Waals surface area contributed by atoms with Crippen molar-refractivity contribution in [2.45, 2.75) is 27.4 Å². The Labute approximate surface area is 151 Å². The second-order valence-corrected chi connectivity index (χ2v) is 6.29. The number of hydrogen-bond acceptors (Lipinski definition) is 5. The molecule has 0 atom stereocenters. The largest absolute Gasteiger partial charge is 0.482 e. The van der Waals surface area contributed by atoms with Crippen LogP contribution in [0.4, 0.5) is 0 Å². The van der Waals surface area contributed by atoms with Gasteiger partial charge < -0.3 is 9.47 Å². The summed E-state index contributed by atoms with van der Waals surface area (Å²) >= 11 is 0. The van der Waals surface area contributed by atoms with Crippen molar-refractivity contribution in [3.05, 3.63) is 75.3 Å². The van der Waals surface area contributed by atoms with Crippen LogP contribution in [-0.4, -0.2) is 22.0 Å². The third-order valence-electron chi connectivity index (χ3n) is 3.79. The number of rotatable bonds is 5. The Kier molecular flexibility index (Phi) is 5.02. The molecule has 0 unspecified atom stereocenters. The summed E-state index contributed by atoms with van der Waals surface area (Å²) in [5, 5.41) is 0. The molecular formula is C20H20N2O4. The minimum atomic E-state index is -0.518. The highest BCUT2D eigenvalue weighted by Crippen LogP contribution is 2.16. The third kappa shape index (κ3) is 4.27. The van der Waals surface area contributed by atoms with E-state index < -0.39 is 5.97 Å². The minimum absolute atomic E-state index is 0.0747. The molecule has 0 aliphatic rings. The Balaban J connectivity index is 1.61. The molecule has 2 heterocycles. The second kappa shape index (κ2) is 7.39. The SMILES string of the molecule is Cc1cc(C)cc(OCC(=O)OCc2cc(=O)n3cc(C)ccc3n2)c1. The zero-order chi connectivity index (χ0) is 18.7. The van der Waals surface area contributed by atoms with Gasteiger partial charge in [0.2, 0.25) is 0 Å². The fraction of sp³-hybridized carbons (Fsp3) is 0.250. The molecular weight excluding hydrogens is 332 g/mol. The van der Waals surface area contributed by atoms with Crippen LogP contribution in [0.3, 0.4) is 0 Å². The summed E-state index contributed by atoms with van der Waals surface area (Å²) in [6.07, 6.45) is 1.72. The van der Waals surface area contributed by atoms with Crippen molar-refractivity contribution in [2.24, 2.45) is 0 Å². The quantitative estimate of drug-likeness (QED) is 0.661. The highest BCUT2D eigenvalue weighted by atomic mass is 16.6. The molecule has 3 aromatic rings. The zero-order valence-corrected chi connectivity index (χ0v) is 15.0. The number of nitrogens with zero attached hydrogens (tertiary/aromatic N) is 2. The first-order chi connectivity index (χ1) is 12.4. The van der Waals surface area contributed by atoms with Crippen LogP contribution in [0.1, 0.15) is 22.4 Å². The van der Waals surface area contributed by atoms with E-state index in [1.165, 1.54) is 10.5 Å². The number of carbonyl (C=O) groups excluding carboxylic acids is 1. The van der Waals surface area contributed by atoms with Crippen molar-refractivity contribution in [1.29, 1.82) is 0 Å². The second-order valence-electron chi connectivity index (χ2n) is 6.29. The molecule has 0 N–H and O–H groups in total. The number of aromatic nitrogens is 2. The smallest absolute Gasteiger partial charge is 0.344 e. The Morgan fingerprint density at radius 3 is 2.50 bits per heavy atom. The van der Waals surface area contributed by atoms with E-state index in [0.717, 1.165) is 16.7 Å². The highest BCUT2D eigenvalue weighted by molar-refractivity contribution is 5.71. The van der Waals surface area contributed by atoms with E-state index in [1.807, 2.05) is 45.0 Å². The summed E-state index contributed by atoms with van der Waals surface area (Å²) in [6, 6.07) is 10.7. The molecule has 6 nitrogen and oxygen atoms in total.